The molecule has 1 aromatic rings. The number of hydrogen-bond donors (Lipinski definition) is 2. The van der Waals surface area contributed by atoms with Crippen molar-refractivity contribution in [3.63, 3.8) is 0 Å². The zero-order chi connectivity index (χ0) is 10.9. The maximum Gasteiger partial charge on any atom is 0.137 e. The van der Waals surface area contributed by atoms with Crippen molar-refractivity contribution in [3.8, 4) is 5.75 Å². The van der Waals surface area contributed by atoms with Crippen molar-refractivity contribution in [3.05, 3.63) is 28.8 Å². The van der Waals surface area contributed by atoms with Crippen LogP contribution >= 0.6 is 11.6 Å². The highest BCUT2D eigenvalue weighted by atomic mass is 35.5. The van der Waals surface area contributed by atoms with Gasteiger partial charge in [0.1, 0.15) is 5.75 Å². The van der Waals surface area contributed by atoms with Gasteiger partial charge in [-0.3, -0.25) is 10.9 Å². The Morgan fingerprint density at radius 2 is 2.00 bits per heavy atom. The van der Waals surface area contributed by atoms with Crippen molar-refractivity contribution in [1.82, 2.24) is 10.9 Å². The average molecular weight is 227 g/mol. The third-order valence-electron chi connectivity index (χ3n) is 2.93. The van der Waals surface area contributed by atoms with Gasteiger partial charge in [-0.2, -0.15) is 0 Å². The van der Waals surface area contributed by atoms with Gasteiger partial charge in [-0.05, 0) is 17.7 Å². The van der Waals surface area contributed by atoms with Crippen LogP contribution in [0, 0.1) is 0 Å². The van der Waals surface area contributed by atoms with Gasteiger partial charge in [0.25, 0.3) is 0 Å². The summed E-state index contributed by atoms with van der Waals surface area (Å²) < 4.78 is 5.13. The molecule has 3 nitrogen and oxygen atoms in total. The molecule has 4 heteroatoms. The van der Waals surface area contributed by atoms with Crippen LogP contribution in [0.25, 0.3) is 0 Å². The maximum atomic E-state index is 6.10. The van der Waals surface area contributed by atoms with Crippen LogP contribution < -0.4 is 15.6 Å². The number of benzene rings is 1. The number of hydrazine groups is 1. The summed E-state index contributed by atoms with van der Waals surface area (Å²) >= 11 is 6.10. The summed E-state index contributed by atoms with van der Waals surface area (Å²) in [5, 5.41) is 0.670. The lowest BCUT2D eigenvalue weighted by atomic mass is 9.83. The second-order valence-electron chi connectivity index (χ2n) is 4.12. The van der Waals surface area contributed by atoms with Crippen molar-refractivity contribution in [2.45, 2.75) is 12.3 Å². The number of nitrogens with one attached hydrogen (secondary N) is 2. The molecular weight excluding hydrogens is 212 g/mol. The smallest absolute Gasteiger partial charge is 0.137 e. The lowest BCUT2D eigenvalue weighted by molar-refractivity contribution is 0.414. The van der Waals surface area contributed by atoms with Crippen molar-refractivity contribution < 1.29 is 4.74 Å². The van der Waals surface area contributed by atoms with Gasteiger partial charge in [-0.1, -0.05) is 24.6 Å². The third-order valence-corrected chi connectivity index (χ3v) is 3.23. The second-order valence-corrected chi connectivity index (χ2v) is 4.52. The Hall–Kier alpha value is -0.770. The first kappa shape index (κ1) is 10.7. The minimum Gasteiger partial charge on any atom is -0.495 e. The number of ether oxygens (including phenoxy) is 1. The Bertz CT molecular complexity index is 362. The zero-order valence-corrected chi connectivity index (χ0v) is 9.69. The van der Waals surface area contributed by atoms with E-state index >= 15 is 0 Å². The monoisotopic (exact) mass is 226 g/mol. The van der Waals surface area contributed by atoms with E-state index < -0.39 is 0 Å². The summed E-state index contributed by atoms with van der Waals surface area (Å²) in [6, 6.07) is 5.97. The molecule has 1 heterocycles. The van der Waals surface area contributed by atoms with Crippen LogP contribution in [-0.2, 0) is 5.41 Å². The molecule has 0 bridgehead atoms. The normalized spacial score (nSPS) is 19.1. The van der Waals surface area contributed by atoms with Gasteiger partial charge in [0.2, 0.25) is 0 Å². The molecule has 2 N–H and O–H groups in total. The Kier molecular flexibility index (Phi) is 2.87. The summed E-state index contributed by atoms with van der Waals surface area (Å²) in [5.41, 5.74) is 7.60. The van der Waals surface area contributed by atoms with E-state index in [-0.39, 0.29) is 5.41 Å². The van der Waals surface area contributed by atoms with Crippen molar-refractivity contribution in [2.75, 3.05) is 20.2 Å². The molecule has 15 heavy (non-hydrogen) atoms. The first-order valence-corrected chi connectivity index (χ1v) is 5.33. The van der Waals surface area contributed by atoms with E-state index in [9.17, 15) is 0 Å². The standard InChI is InChI=1S/C11H15ClN2O/c1-11(6-13-14-7-11)8-3-4-10(15-2)9(12)5-8/h3-5,13-14H,6-7H2,1-2H3. The van der Waals surface area contributed by atoms with Gasteiger partial charge in [-0.25, -0.2) is 0 Å². The van der Waals surface area contributed by atoms with E-state index in [2.05, 4.69) is 23.8 Å². The van der Waals surface area contributed by atoms with Crippen LogP contribution in [0.4, 0.5) is 0 Å². The predicted molar refractivity (Wildman–Crippen MR) is 61.4 cm³/mol. The molecule has 0 atom stereocenters. The van der Waals surface area contributed by atoms with Gasteiger partial charge in [-0.15, -0.1) is 0 Å². The van der Waals surface area contributed by atoms with E-state index in [1.54, 1.807) is 7.11 Å². The highest BCUT2D eigenvalue weighted by Crippen LogP contribution is 2.31. The molecule has 1 aliphatic heterocycles. The van der Waals surface area contributed by atoms with Crippen LogP contribution in [0.2, 0.25) is 5.02 Å². The Morgan fingerprint density at radius 1 is 1.33 bits per heavy atom. The summed E-state index contributed by atoms with van der Waals surface area (Å²) in [4.78, 5) is 0. The summed E-state index contributed by atoms with van der Waals surface area (Å²) in [5.74, 6) is 0.725. The molecular formula is C11H15ClN2O. The van der Waals surface area contributed by atoms with Crippen LogP contribution in [0.5, 0.6) is 5.75 Å². The fourth-order valence-electron chi connectivity index (χ4n) is 1.82. The van der Waals surface area contributed by atoms with Gasteiger partial charge >= 0.3 is 0 Å². The average Bonchev–Trinajstić information content (AvgIpc) is 2.66. The fraction of sp³-hybridized carbons (Fsp3) is 0.455. The summed E-state index contributed by atoms with van der Waals surface area (Å²) in [6.45, 7) is 4.03. The predicted octanol–water partition coefficient (Wildman–Crippen LogP) is 1.71. The van der Waals surface area contributed by atoms with Gasteiger partial charge in [0, 0.05) is 18.5 Å². The highest BCUT2D eigenvalue weighted by molar-refractivity contribution is 6.32. The fourth-order valence-corrected chi connectivity index (χ4v) is 2.08. The molecule has 0 spiro atoms. The van der Waals surface area contributed by atoms with Crippen LogP contribution in [0.3, 0.4) is 0 Å². The van der Waals surface area contributed by atoms with E-state index in [4.69, 9.17) is 16.3 Å². The topological polar surface area (TPSA) is 33.3 Å². The molecule has 1 aliphatic rings. The maximum absolute atomic E-state index is 6.10. The molecule has 0 unspecified atom stereocenters. The quantitative estimate of drug-likeness (QED) is 0.806. The SMILES string of the molecule is COc1ccc(C2(C)CNNC2)cc1Cl. The minimum atomic E-state index is 0.107. The number of rotatable bonds is 2. The summed E-state index contributed by atoms with van der Waals surface area (Å²) in [6.07, 6.45) is 0. The van der Waals surface area contributed by atoms with E-state index in [0.717, 1.165) is 18.8 Å². The molecule has 0 aliphatic carbocycles. The molecule has 82 valence electrons. The highest BCUT2D eigenvalue weighted by Gasteiger charge is 2.30. The molecule has 1 aromatic carbocycles. The number of hydrogen-bond acceptors (Lipinski definition) is 3. The molecule has 0 radical (unpaired) electrons. The molecule has 1 saturated heterocycles. The van der Waals surface area contributed by atoms with Crippen molar-refractivity contribution in [2.24, 2.45) is 0 Å². The van der Waals surface area contributed by atoms with E-state index in [0.29, 0.717) is 5.02 Å². The zero-order valence-electron chi connectivity index (χ0n) is 8.93. The Morgan fingerprint density at radius 3 is 2.53 bits per heavy atom. The van der Waals surface area contributed by atoms with Crippen LogP contribution in [-0.4, -0.2) is 20.2 Å². The molecule has 2 rings (SSSR count). The van der Waals surface area contributed by atoms with Crippen LogP contribution in [0.1, 0.15) is 12.5 Å². The first-order chi connectivity index (χ1) is 7.15. The lowest BCUT2D eigenvalue weighted by Crippen LogP contribution is -2.27. The van der Waals surface area contributed by atoms with Crippen LogP contribution in [0.15, 0.2) is 18.2 Å². The van der Waals surface area contributed by atoms with Gasteiger partial charge in [0.05, 0.1) is 12.1 Å². The third kappa shape index (κ3) is 1.95. The van der Waals surface area contributed by atoms with Gasteiger partial charge < -0.3 is 4.74 Å². The Labute approximate surface area is 94.7 Å². The largest absolute Gasteiger partial charge is 0.495 e. The molecule has 0 amide bonds. The molecule has 1 fully saturated rings. The minimum absolute atomic E-state index is 0.107. The number of halogens is 1. The molecule has 0 saturated carbocycles. The number of methoxy groups -OCH3 is 1. The first-order valence-electron chi connectivity index (χ1n) is 4.95. The lowest BCUT2D eigenvalue weighted by Gasteiger charge is -2.22. The van der Waals surface area contributed by atoms with E-state index in [1.807, 2.05) is 12.1 Å². The Balaban J connectivity index is 2.33. The van der Waals surface area contributed by atoms with Crippen molar-refractivity contribution in [1.29, 1.82) is 0 Å². The second kappa shape index (κ2) is 4.00. The molecule has 0 aromatic heterocycles. The summed E-state index contributed by atoms with van der Waals surface area (Å²) in [7, 11) is 1.63. The van der Waals surface area contributed by atoms with Gasteiger partial charge in [0.15, 0.2) is 0 Å². The van der Waals surface area contributed by atoms with Crippen molar-refractivity contribution >= 4 is 11.6 Å². The van der Waals surface area contributed by atoms with E-state index in [1.165, 1.54) is 5.56 Å².